The topological polar surface area (TPSA) is 17.1 Å². The summed E-state index contributed by atoms with van der Waals surface area (Å²) in [6.45, 7) is 1.95. The minimum absolute atomic E-state index is 0.424. The highest BCUT2D eigenvalue weighted by Crippen LogP contribution is 2.39. The van der Waals surface area contributed by atoms with Crippen molar-refractivity contribution in [3.8, 4) is 0 Å². The second kappa shape index (κ2) is 6.77. The predicted octanol–water partition coefficient (Wildman–Crippen LogP) is 3.68. The van der Waals surface area contributed by atoms with E-state index in [0.29, 0.717) is 12.2 Å². The zero-order valence-corrected chi connectivity index (χ0v) is 9.88. The van der Waals surface area contributed by atoms with Crippen LogP contribution in [-0.4, -0.2) is 16.8 Å². The van der Waals surface area contributed by atoms with Gasteiger partial charge >= 0.3 is 0 Å². The summed E-state index contributed by atoms with van der Waals surface area (Å²) >= 11 is 0. The van der Waals surface area contributed by atoms with Crippen LogP contribution in [0.25, 0.3) is 0 Å². The average molecular weight is 218 g/mol. The van der Waals surface area contributed by atoms with E-state index in [-0.39, 0.29) is 0 Å². The van der Waals surface area contributed by atoms with Crippen LogP contribution in [0.4, 0.5) is 0 Å². The summed E-state index contributed by atoms with van der Waals surface area (Å²) in [5, 5.41) is 0.877. The van der Waals surface area contributed by atoms with Crippen molar-refractivity contribution >= 4 is 27.4 Å². The fourth-order valence-electron chi connectivity index (χ4n) is 1.44. The Morgan fingerprint density at radius 3 is 2.92 bits per heavy atom. The minimum Gasteiger partial charge on any atom is -0.300 e. The van der Waals surface area contributed by atoms with Crippen LogP contribution in [0.3, 0.4) is 0 Å². The molecule has 0 N–H and O–H groups in total. The molecular formula is C10H18OS2. The highest BCUT2D eigenvalue weighted by atomic mass is 33.1. The van der Waals surface area contributed by atoms with Gasteiger partial charge in [0.1, 0.15) is 5.78 Å². The summed E-state index contributed by atoms with van der Waals surface area (Å²) in [6, 6.07) is 0. The molecule has 1 fully saturated rings. The molecule has 0 radical (unpaired) electrons. The molecule has 1 aliphatic rings. The standard InChI is InChI=1S/C10H18OS2/c1-2-9(11)5-3-4-6-10-7-8-12-13-10/h10H,2-8H2,1H3/t10-/m1/s1. The number of rotatable bonds is 6. The molecule has 0 saturated carbocycles. The third-order valence-electron chi connectivity index (χ3n) is 2.35. The number of Topliss-reactive ketones (excluding diaryl/α,β-unsaturated/α-hetero) is 1. The molecule has 1 aliphatic heterocycles. The quantitative estimate of drug-likeness (QED) is 0.500. The van der Waals surface area contributed by atoms with Gasteiger partial charge in [-0.15, -0.1) is 0 Å². The predicted molar refractivity (Wildman–Crippen MR) is 62.2 cm³/mol. The van der Waals surface area contributed by atoms with Gasteiger partial charge in [0, 0.05) is 23.8 Å². The van der Waals surface area contributed by atoms with Crippen LogP contribution in [0.2, 0.25) is 0 Å². The molecule has 3 heteroatoms. The summed E-state index contributed by atoms with van der Waals surface area (Å²) < 4.78 is 0. The van der Waals surface area contributed by atoms with Crippen molar-refractivity contribution in [1.29, 1.82) is 0 Å². The number of hydrogen-bond donors (Lipinski definition) is 0. The van der Waals surface area contributed by atoms with Crippen LogP contribution in [-0.2, 0) is 4.79 Å². The van der Waals surface area contributed by atoms with Crippen molar-refractivity contribution in [3.05, 3.63) is 0 Å². The smallest absolute Gasteiger partial charge is 0.132 e. The Kier molecular flexibility index (Phi) is 5.96. The minimum atomic E-state index is 0.424. The van der Waals surface area contributed by atoms with E-state index in [4.69, 9.17) is 0 Å². The molecule has 1 nitrogen and oxygen atoms in total. The monoisotopic (exact) mass is 218 g/mol. The number of hydrogen-bond acceptors (Lipinski definition) is 3. The molecule has 0 spiro atoms. The van der Waals surface area contributed by atoms with Crippen molar-refractivity contribution in [1.82, 2.24) is 0 Å². The SMILES string of the molecule is CCC(=O)CCCC[C@@H]1CCSS1. The summed E-state index contributed by atoms with van der Waals surface area (Å²) in [4.78, 5) is 11.0. The van der Waals surface area contributed by atoms with Crippen molar-refractivity contribution < 1.29 is 4.79 Å². The highest BCUT2D eigenvalue weighted by molar-refractivity contribution is 8.77. The molecule has 0 bridgehead atoms. The van der Waals surface area contributed by atoms with Gasteiger partial charge in [0.05, 0.1) is 0 Å². The maximum Gasteiger partial charge on any atom is 0.132 e. The van der Waals surface area contributed by atoms with Crippen molar-refractivity contribution in [3.63, 3.8) is 0 Å². The lowest BCUT2D eigenvalue weighted by molar-refractivity contribution is -0.118. The molecule has 0 aromatic carbocycles. The molecule has 1 atom stereocenters. The van der Waals surface area contributed by atoms with E-state index in [0.717, 1.165) is 18.1 Å². The zero-order valence-electron chi connectivity index (χ0n) is 8.25. The van der Waals surface area contributed by atoms with Gasteiger partial charge in [-0.3, -0.25) is 4.79 Å². The van der Waals surface area contributed by atoms with Gasteiger partial charge in [-0.2, -0.15) is 0 Å². The fourth-order valence-corrected chi connectivity index (χ4v) is 4.46. The van der Waals surface area contributed by atoms with E-state index >= 15 is 0 Å². The van der Waals surface area contributed by atoms with E-state index < -0.39 is 0 Å². The lowest BCUT2D eigenvalue weighted by Crippen LogP contribution is -1.99. The summed E-state index contributed by atoms with van der Waals surface area (Å²) in [5.41, 5.74) is 0. The molecule has 0 aromatic rings. The molecule has 0 aromatic heterocycles. The first-order valence-corrected chi connectivity index (χ1v) is 7.51. The number of carbonyl (C=O) groups excluding carboxylic acids is 1. The van der Waals surface area contributed by atoms with E-state index in [1.165, 1.54) is 25.0 Å². The second-order valence-corrected chi connectivity index (χ2v) is 6.25. The first kappa shape index (κ1) is 11.4. The Hall–Kier alpha value is 0.370. The number of unbranched alkanes of at least 4 members (excludes halogenated alkanes) is 1. The molecule has 76 valence electrons. The molecule has 0 unspecified atom stereocenters. The van der Waals surface area contributed by atoms with Crippen LogP contribution in [0.15, 0.2) is 0 Å². The van der Waals surface area contributed by atoms with Gasteiger partial charge in [0.2, 0.25) is 0 Å². The molecular weight excluding hydrogens is 200 g/mol. The molecule has 0 amide bonds. The summed E-state index contributed by atoms with van der Waals surface area (Å²) in [6.07, 6.45) is 6.55. The summed E-state index contributed by atoms with van der Waals surface area (Å²) in [7, 11) is 4.04. The lowest BCUT2D eigenvalue weighted by Gasteiger charge is -2.05. The van der Waals surface area contributed by atoms with Gasteiger partial charge in [-0.25, -0.2) is 0 Å². The Labute approximate surface area is 88.8 Å². The molecule has 13 heavy (non-hydrogen) atoms. The fraction of sp³-hybridized carbons (Fsp3) is 0.900. The molecule has 0 aliphatic carbocycles. The van der Waals surface area contributed by atoms with Gasteiger partial charge in [0.15, 0.2) is 0 Å². The maximum atomic E-state index is 11.0. The van der Waals surface area contributed by atoms with Crippen molar-refractivity contribution in [2.75, 3.05) is 5.75 Å². The Balaban J connectivity index is 1.91. The summed E-state index contributed by atoms with van der Waals surface area (Å²) in [5.74, 6) is 1.75. The third-order valence-corrected chi connectivity index (χ3v) is 5.36. The first-order chi connectivity index (χ1) is 6.33. The Bertz CT molecular complexity index is 153. The maximum absolute atomic E-state index is 11.0. The van der Waals surface area contributed by atoms with Crippen molar-refractivity contribution in [2.45, 2.75) is 50.7 Å². The lowest BCUT2D eigenvalue weighted by atomic mass is 10.1. The van der Waals surface area contributed by atoms with Gasteiger partial charge in [0.25, 0.3) is 0 Å². The molecule has 1 heterocycles. The van der Waals surface area contributed by atoms with Crippen LogP contribution in [0, 0.1) is 0 Å². The van der Waals surface area contributed by atoms with E-state index in [1.807, 2.05) is 28.5 Å². The van der Waals surface area contributed by atoms with Gasteiger partial charge < -0.3 is 0 Å². The highest BCUT2D eigenvalue weighted by Gasteiger charge is 2.15. The Morgan fingerprint density at radius 2 is 2.31 bits per heavy atom. The second-order valence-electron chi connectivity index (χ2n) is 3.47. The number of carbonyl (C=O) groups is 1. The van der Waals surface area contributed by atoms with Gasteiger partial charge in [-0.1, -0.05) is 34.9 Å². The number of ketones is 1. The van der Waals surface area contributed by atoms with Crippen LogP contribution < -0.4 is 0 Å². The van der Waals surface area contributed by atoms with Crippen molar-refractivity contribution in [2.24, 2.45) is 0 Å². The first-order valence-electron chi connectivity index (χ1n) is 5.13. The zero-order chi connectivity index (χ0) is 9.52. The average Bonchev–Trinajstić information content (AvgIpc) is 2.64. The van der Waals surface area contributed by atoms with Crippen LogP contribution in [0.5, 0.6) is 0 Å². The molecule has 1 rings (SSSR count). The van der Waals surface area contributed by atoms with Crippen LogP contribution in [0.1, 0.15) is 45.4 Å². The largest absolute Gasteiger partial charge is 0.300 e. The van der Waals surface area contributed by atoms with E-state index in [1.54, 1.807) is 0 Å². The third kappa shape index (κ3) is 4.96. The van der Waals surface area contributed by atoms with E-state index in [9.17, 15) is 4.79 Å². The van der Waals surface area contributed by atoms with E-state index in [2.05, 4.69) is 0 Å². The molecule has 1 saturated heterocycles. The normalized spacial score (nSPS) is 22.1. The Morgan fingerprint density at radius 1 is 1.46 bits per heavy atom. The van der Waals surface area contributed by atoms with Gasteiger partial charge in [-0.05, 0) is 19.3 Å². The van der Waals surface area contributed by atoms with Crippen LogP contribution >= 0.6 is 21.6 Å².